The summed E-state index contributed by atoms with van der Waals surface area (Å²) in [5.74, 6) is 0.909. The second kappa shape index (κ2) is 9.33. The number of allylic oxidation sites excluding steroid dienone is 3. The summed E-state index contributed by atoms with van der Waals surface area (Å²) in [6.07, 6.45) is 10.0. The number of fused-ring (bicyclic) bond motifs is 2. The fraction of sp³-hybridized carbons (Fsp3) is 0.160. The summed E-state index contributed by atoms with van der Waals surface area (Å²) >= 11 is 3.13. The summed E-state index contributed by atoms with van der Waals surface area (Å²) < 4.78 is 1.87. The van der Waals surface area contributed by atoms with Gasteiger partial charge in [0.1, 0.15) is 5.75 Å². The Labute approximate surface area is 200 Å². The van der Waals surface area contributed by atoms with Crippen LogP contribution < -0.4 is 4.90 Å². The summed E-state index contributed by atoms with van der Waals surface area (Å²) in [5, 5.41) is 19.7. The molecule has 2 atom stereocenters. The standard InChI is InChI=1S/C25H22N4O2S2/c1-2-15-28-24(17-9-3-6-12-20(17)30)26-27-25(28)32-16-23(31)29-18-10-4-7-13-21(18)33-22-14-8-5-11-19(22)29/h2-14,18,21,30H,1,15-16H2/t18-,21+/m1/s1. The van der Waals surface area contributed by atoms with E-state index in [4.69, 9.17) is 0 Å². The zero-order chi connectivity index (χ0) is 22.8. The Morgan fingerprint density at radius 1 is 1.12 bits per heavy atom. The number of amides is 1. The number of phenols is 1. The van der Waals surface area contributed by atoms with Crippen molar-refractivity contribution >= 4 is 35.1 Å². The largest absolute Gasteiger partial charge is 0.507 e. The maximum atomic E-state index is 13.5. The van der Waals surface area contributed by atoms with E-state index in [-0.39, 0.29) is 28.7 Å². The lowest BCUT2D eigenvalue weighted by molar-refractivity contribution is -0.116. The molecule has 3 aromatic rings. The third kappa shape index (κ3) is 4.12. The second-order valence-corrected chi connectivity index (χ2v) is 9.75. The fourth-order valence-electron chi connectivity index (χ4n) is 4.03. The number of carbonyl (C=O) groups is 1. The van der Waals surface area contributed by atoms with Gasteiger partial charge in [0.2, 0.25) is 5.91 Å². The van der Waals surface area contributed by atoms with Crippen LogP contribution in [0, 0.1) is 0 Å². The molecule has 1 amide bonds. The van der Waals surface area contributed by atoms with Gasteiger partial charge in [0.25, 0.3) is 0 Å². The molecule has 0 saturated carbocycles. The van der Waals surface area contributed by atoms with Crippen molar-refractivity contribution in [1.29, 1.82) is 0 Å². The highest BCUT2D eigenvalue weighted by Gasteiger charge is 2.36. The van der Waals surface area contributed by atoms with E-state index in [1.165, 1.54) is 11.8 Å². The van der Waals surface area contributed by atoms with Crippen LogP contribution in [0.2, 0.25) is 0 Å². The highest BCUT2D eigenvalue weighted by atomic mass is 32.2. The van der Waals surface area contributed by atoms with Gasteiger partial charge in [-0.2, -0.15) is 0 Å². The summed E-state index contributed by atoms with van der Waals surface area (Å²) in [6, 6.07) is 15.0. The lowest BCUT2D eigenvalue weighted by Crippen LogP contribution is -2.48. The zero-order valence-electron chi connectivity index (χ0n) is 17.7. The number of aromatic nitrogens is 3. The molecule has 0 saturated heterocycles. The number of para-hydroxylation sites is 2. The monoisotopic (exact) mass is 474 g/mol. The molecule has 0 unspecified atom stereocenters. The van der Waals surface area contributed by atoms with Crippen molar-refractivity contribution in [3.05, 3.63) is 85.5 Å². The van der Waals surface area contributed by atoms with Crippen LogP contribution in [0.15, 0.2) is 95.5 Å². The Morgan fingerprint density at radius 3 is 2.76 bits per heavy atom. The van der Waals surface area contributed by atoms with Crippen LogP contribution in [-0.2, 0) is 11.3 Å². The number of phenolic OH excluding ortho intramolecular Hbond substituents is 1. The lowest BCUT2D eigenvalue weighted by atomic mass is 10.0. The molecule has 6 nitrogen and oxygen atoms in total. The van der Waals surface area contributed by atoms with E-state index in [9.17, 15) is 9.90 Å². The maximum absolute atomic E-state index is 13.5. The number of hydrogen-bond acceptors (Lipinski definition) is 6. The van der Waals surface area contributed by atoms with Crippen LogP contribution in [0.5, 0.6) is 5.75 Å². The molecule has 33 heavy (non-hydrogen) atoms. The molecule has 1 aliphatic heterocycles. The van der Waals surface area contributed by atoms with Crippen LogP contribution in [-0.4, -0.2) is 42.8 Å². The Kier molecular flexibility index (Phi) is 6.11. The smallest absolute Gasteiger partial charge is 0.238 e. The molecule has 1 N–H and O–H groups in total. The number of benzene rings is 2. The van der Waals surface area contributed by atoms with Gasteiger partial charge >= 0.3 is 0 Å². The van der Waals surface area contributed by atoms with E-state index in [1.54, 1.807) is 36.0 Å². The van der Waals surface area contributed by atoms with Crippen LogP contribution in [0.3, 0.4) is 0 Å². The number of hydrogen-bond donors (Lipinski definition) is 1. The summed E-state index contributed by atoms with van der Waals surface area (Å²) in [4.78, 5) is 16.5. The van der Waals surface area contributed by atoms with E-state index in [0.29, 0.717) is 23.1 Å². The van der Waals surface area contributed by atoms with Crippen LogP contribution >= 0.6 is 23.5 Å². The molecule has 1 aromatic heterocycles. The first-order valence-electron chi connectivity index (χ1n) is 10.6. The average Bonchev–Trinajstić information content (AvgIpc) is 3.23. The lowest BCUT2D eigenvalue weighted by Gasteiger charge is -2.40. The van der Waals surface area contributed by atoms with Gasteiger partial charge in [0.15, 0.2) is 11.0 Å². The van der Waals surface area contributed by atoms with E-state index in [2.05, 4.69) is 35.0 Å². The van der Waals surface area contributed by atoms with Gasteiger partial charge in [0, 0.05) is 11.4 Å². The maximum Gasteiger partial charge on any atom is 0.238 e. The first-order chi connectivity index (χ1) is 16.2. The minimum absolute atomic E-state index is 0.0139. The van der Waals surface area contributed by atoms with Crippen molar-refractivity contribution in [3.8, 4) is 17.1 Å². The minimum atomic E-state index is -0.0223. The van der Waals surface area contributed by atoms with E-state index >= 15 is 0 Å². The van der Waals surface area contributed by atoms with E-state index in [0.717, 1.165) is 10.6 Å². The van der Waals surface area contributed by atoms with E-state index < -0.39 is 0 Å². The third-order valence-corrected chi connectivity index (χ3v) is 7.77. The molecule has 2 aliphatic rings. The molecule has 2 heterocycles. The van der Waals surface area contributed by atoms with Crippen molar-refractivity contribution in [2.24, 2.45) is 0 Å². The summed E-state index contributed by atoms with van der Waals surface area (Å²) in [6.45, 7) is 4.30. The molecule has 0 radical (unpaired) electrons. The van der Waals surface area contributed by atoms with Crippen molar-refractivity contribution in [2.75, 3.05) is 10.7 Å². The number of rotatable bonds is 6. The first kappa shape index (κ1) is 21.6. The van der Waals surface area contributed by atoms with Gasteiger partial charge in [0.05, 0.1) is 28.3 Å². The molecule has 0 fully saturated rings. The van der Waals surface area contributed by atoms with Crippen molar-refractivity contribution < 1.29 is 9.90 Å². The minimum Gasteiger partial charge on any atom is -0.507 e. The van der Waals surface area contributed by atoms with Crippen LogP contribution in [0.25, 0.3) is 11.4 Å². The Balaban J connectivity index is 1.41. The van der Waals surface area contributed by atoms with Gasteiger partial charge in [-0.25, -0.2) is 0 Å². The number of nitrogens with zero attached hydrogens (tertiary/aromatic N) is 4. The quantitative estimate of drug-likeness (QED) is 0.403. The number of aromatic hydroxyl groups is 1. The van der Waals surface area contributed by atoms with Crippen molar-refractivity contribution in [2.45, 2.75) is 27.9 Å². The Morgan fingerprint density at radius 2 is 1.91 bits per heavy atom. The van der Waals surface area contributed by atoms with Crippen molar-refractivity contribution in [1.82, 2.24) is 14.8 Å². The molecule has 0 spiro atoms. The van der Waals surface area contributed by atoms with Crippen molar-refractivity contribution in [3.63, 3.8) is 0 Å². The predicted octanol–water partition coefficient (Wildman–Crippen LogP) is 4.93. The summed E-state index contributed by atoms with van der Waals surface area (Å²) in [5.41, 5.74) is 1.53. The highest BCUT2D eigenvalue weighted by molar-refractivity contribution is 8.00. The van der Waals surface area contributed by atoms with Crippen LogP contribution in [0.4, 0.5) is 5.69 Å². The average molecular weight is 475 g/mol. The number of carbonyl (C=O) groups excluding carboxylic acids is 1. The first-order valence-corrected chi connectivity index (χ1v) is 12.4. The molecule has 0 bridgehead atoms. The van der Waals surface area contributed by atoms with Gasteiger partial charge in [-0.3, -0.25) is 9.36 Å². The van der Waals surface area contributed by atoms with Gasteiger partial charge < -0.3 is 10.0 Å². The highest BCUT2D eigenvalue weighted by Crippen LogP contribution is 2.43. The van der Waals surface area contributed by atoms with E-state index in [1.807, 2.05) is 45.9 Å². The van der Waals surface area contributed by atoms with Gasteiger partial charge in [-0.1, -0.05) is 66.4 Å². The number of thioether (sulfide) groups is 2. The molecule has 166 valence electrons. The normalized spacial score (nSPS) is 18.6. The zero-order valence-corrected chi connectivity index (χ0v) is 19.4. The Bertz CT molecular complexity index is 1270. The summed E-state index contributed by atoms with van der Waals surface area (Å²) in [7, 11) is 0. The van der Waals surface area contributed by atoms with Gasteiger partial charge in [-0.05, 0) is 24.3 Å². The topological polar surface area (TPSA) is 71.2 Å². The number of anilines is 1. The molecule has 5 rings (SSSR count). The molecule has 1 aliphatic carbocycles. The SMILES string of the molecule is C=CCn1c(SCC(=O)N2c3ccccc3S[C@H]3C=CC=C[C@H]32)nnc1-c1ccccc1O. The second-order valence-electron chi connectivity index (χ2n) is 7.59. The third-order valence-electron chi connectivity index (χ3n) is 5.51. The predicted molar refractivity (Wildman–Crippen MR) is 134 cm³/mol. The Hall–Kier alpha value is -3.23. The molecular weight excluding hydrogens is 452 g/mol. The van der Waals surface area contributed by atoms with Crippen LogP contribution in [0.1, 0.15) is 0 Å². The van der Waals surface area contributed by atoms with Gasteiger partial charge in [-0.15, -0.1) is 28.5 Å². The fourth-order valence-corrected chi connectivity index (χ4v) is 6.09. The molecule has 2 aromatic carbocycles. The molecule has 8 heteroatoms. The molecular formula is C25H22N4O2S2.